The van der Waals surface area contributed by atoms with Crippen LogP contribution in [0.5, 0.6) is 0 Å². The average molecular weight is 431 g/mol. The van der Waals surface area contributed by atoms with E-state index in [0.29, 0.717) is 0 Å². The van der Waals surface area contributed by atoms with E-state index >= 15 is 0 Å². The van der Waals surface area contributed by atoms with Crippen LogP contribution in [-0.4, -0.2) is 87.8 Å². The molecule has 30 heavy (non-hydrogen) atoms. The molecule has 0 amide bonds. The van der Waals surface area contributed by atoms with Gasteiger partial charge in [0.1, 0.15) is 13.1 Å². The van der Waals surface area contributed by atoms with Crippen molar-refractivity contribution in [1.29, 1.82) is 0 Å². The first kappa shape index (κ1) is 29.8. The molecule has 0 saturated carbocycles. The monoisotopic (exact) mass is 430 g/mol. The van der Waals surface area contributed by atoms with Crippen molar-refractivity contribution in [2.24, 2.45) is 10.8 Å². The molecular weight excluding hydrogens is 372 g/mol. The molecular formula is C26H58N2O2+2. The summed E-state index contributed by atoms with van der Waals surface area (Å²) in [5.74, 6) is 0. The molecule has 0 aromatic heterocycles. The minimum Gasteiger partial charge on any atom is -0.375 e. The van der Waals surface area contributed by atoms with Gasteiger partial charge in [0, 0.05) is 5.41 Å². The van der Waals surface area contributed by atoms with Gasteiger partial charge in [0.15, 0.2) is 0 Å². The largest absolute Gasteiger partial charge is 0.375 e. The van der Waals surface area contributed by atoms with Crippen molar-refractivity contribution < 1.29 is 18.4 Å². The molecule has 0 aliphatic rings. The Morgan fingerprint density at radius 1 is 0.567 bits per heavy atom. The van der Waals surface area contributed by atoms with Gasteiger partial charge in [-0.05, 0) is 59.8 Å². The molecule has 0 spiro atoms. The fourth-order valence-corrected chi connectivity index (χ4v) is 4.98. The van der Waals surface area contributed by atoms with Crippen molar-refractivity contribution in [3.63, 3.8) is 0 Å². The number of likely N-dealkylation sites (N-methyl/N-ethyl adjacent to an activating group) is 2. The topological polar surface area (TPSA) is 18.5 Å². The molecule has 0 saturated heterocycles. The third-order valence-electron chi connectivity index (χ3n) is 7.92. The lowest BCUT2D eigenvalue weighted by Gasteiger charge is -2.40. The molecule has 0 bridgehead atoms. The van der Waals surface area contributed by atoms with Crippen LogP contribution in [0, 0.1) is 10.8 Å². The SMILES string of the molecule is CCC(COCC[N+](CC)(CC)CC)(COCC[N+](CC)(CC)CC)CC(C)(C)C. The van der Waals surface area contributed by atoms with Gasteiger partial charge in [-0.1, -0.05) is 27.7 Å². The van der Waals surface area contributed by atoms with Crippen LogP contribution in [0.1, 0.15) is 82.1 Å². The number of ether oxygens (including phenoxy) is 2. The summed E-state index contributed by atoms with van der Waals surface area (Å²) in [6, 6.07) is 0. The summed E-state index contributed by atoms with van der Waals surface area (Å²) >= 11 is 0. The molecule has 0 aliphatic heterocycles. The minimum absolute atomic E-state index is 0.110. The highest BCUT2D eigenvalue weighted by molar-refractivity contribution is 4.83. The minimum atomic E-state index is 0.110. The summed E-state index contributed by atoms with van der Waals surface area (Å²) < 4.78 is 15.0. The molecule has 0 fully saturated rings. The first-order chi connectivity index (χ1) is 14.0. The Hall–Kier alpha value is -0.160. The molecule has 4 nitrogen and oxygen atoms in total. The van der Waals surface area contributed by atoms with E-state index < -0.39 is 0 Å². The standard InChI is InChI=1S/C26H58N2O2/c1-11-26(22-25(8,9)10,23-29-20-18-27(12-2,13-3)14-4)24-30-21-19-28(15-5,16-6)17-7/h11-24H2,1-10H3/q+2. The average Bonchev–Trinajstić information content (AvgIpc) is 2.74. The van der Waals surface area contributed by atoms with Crippen molar-refractivity contribution in [3.05, 3.63) is 0 Å². The van der Waals surface area contributed by atoms with Gasteiger partial charge in [-0.2, -0.15) is 0 Å². The first-order valence-corrected chi connectivity index (χ1v) is 12.9. The van der Waals surface area contributed by atoms with Crippen LogP contribution >= 0.6 is 0 Å². The Morgan fingerprint density at radius 3 is 1.13 bits per heavy atom. The van der Waals surface area contributed by atoms with Gasteiger partial charge in [-0.3, -0.25) is 0 Å². The van der Waals surface area contributed by atoms with Gasteiger partial charge >= 0.3 is 0 Å². The summed E-state index contributed by atoms with van der Waals surface area (Å²) in [5, 5.41) is 0. The highest BCUT2D eigenvalue weighted by Crippen LogP contribution is 2.37. The normalized spacial score (nSPS) is 13.8. The van der Waals surface area contributed by atoms with E-state index in [1.54, 1.807) is 0 Å². The fraction of sp³-hybridized carbons (Fsp3) is 1.00. The molecule has 0 aliphatic carbocycles. The van der Waals surface area contributed by atoms with Gasteiger partial charge in [0.05, 0.1) is 65.7 Å². The first-order valence-electron chi connectivity index (χ1n) is 12.9. The lowest BCUT2D eigenvalue weighted by molar-refractivity contribution is -0.923. The summed E-state index contributed by atoms with van der Waals surface area (Å²) in [4.78, 5) is 0. The predicted octanol–water partition coefficient (Wildman–Crippen LogP) is 5.61. The van der Waals surface area contributed by atoms with E-state index in [9.17, 15) is 0 Å². The quantitative estimate of drug-likeness (QED) is 0.208. The number of rotatable bonds is 18. The van der Waals surface area contributed by atoms with Gasteiger partial charge in [-0.15, -0.1) is 0 Å². The fourth-order valence-electron chi connectivity index (χ4n) is 4.98. The maximum absolute atomic E-state index is 6.36. The number of hydrogen-bond acceptors (Lipinski definition) is 2. The van der Waals surface area contributed by atoms with Crippen molar-refractivity contribution >= 4 is 0 Å². The molecule has 0 N–H and O–H groups in total. The number of nitrogens with zero attached hydrogens (tertiary/aromatic N) is 2. The Morgan fingerprint density at radius 2 is 0.900 bits per heavy atom. The van der Waals surface area contributed by atoms with Gasteiger partial charge < -0.3 is 18.4 Å². The van der Waals surface area contributed by atoms with Crippen molar-refractivity contribution in [2.45, 2.75) is 82.1 Å². The van der Waals surface area contributed by atoms with Crippen molar-refractivity contribution in [1.82, 2.24) is 0 Å². The van der Waals surface area contributed by atoms with Crippen LogP contribution in [0.25, 0.3) is 0 Å². The molecule has 0 rings (SSSR count). The Bertz CT molecular complexity index is 379. The molecule has 0 radical (unpaired) electrons. The lowest BCUT2D eigenvalue weighted by Crippen LogP contribution is -2.50. The van der Waals surface area contributed by atoms with E-state index in [2.05, 4.69) is 69.2 Å². The molecule has 4 heteroatoms. The summed E-state index contributed by atoms with van der Waals surface area (Å²) in [6.07, 6.45) is 2.25. The second-order valence-electron chi connectivity index (χ2n) is 10.7. The molecule has 0 aromatic rings. The summed E-state index contributed by atoms with van der Waals surface area (Å²) in [7, 11) is 0. The number of hydrogen-bond donors (Lipinski definition) is 0. The van der Waals surface area contributed by atoms with E-state index in [1.807, 2.05) is 0 Å². The van der Waals surface area contributed by atoms with E-state index in [-0.39, 0.29) is 10.8 Å². The zero-order valence-electron chi connectivity index (χ0n) is 22.6. The Labute approximate surface area is 190 Å². The van der Waals surface area contributed by atoms with E-state index in [1.165, 1.54) is 39.3 Å². The van der Waals surface area contributed by atoms with Crippen LogP contribution in [-0.2, 0) is 9.47 Å². The van der Waals surface area contributed by atoms with E-state index in [4.69, 9.17) is 9.47 Å². The molecule has 0 heterocycles. The smallest absolute Gasteiger partial charge is 0.102 e. The van der Waals surface area contributed by atoms with Crippen LogP contribution in [0.3, 0.4) is 0 Å². The highest BCUT2D eigenvalue weighted by Gasteiger charge is 2.34. The van der Waals surface area contributed by atoms with Crippen LogP contribution < -0.4 is 0 Å². The highest BCUT2D eigenvalue weighted by atomic mass is 16.5. The molecule has 0 atom stereocenters. The molecule has 182 valence electrons. The van der Waals surface area contributed by atoms with Gasteiger partial charge in [0.2, 0.25) is 0 Å². The maximum atomic E-state index is 6.36. The third-order valence-corrected chi connectivity index (χ3v) is 7.92. The zero-order valence-corrected chi connectivity index (χ0v) is 22.6. The third kappa shape index (κ3) is 9.97. The second kappa shape index (κ2) is 14.1. The summed E-state index contributed by atoms with van der Waals surface area (Å²) in [6.45, 7) is 35.8. The maximum Gasteiger partial charge on any atom is 0.102 e. The zero-order chi connectivity index (χ0) is 23.3. The Kier molecular flexibility index (Phi) is 14.0. The van der Waals surface area contributed by atoms with Gasteiger partial charge in [-0.25, -0.2) is 0 Å². The van der Waals surface area contributed by atoms with Crippen LogP contribution in [0.2, 0.25) is 0 Å². The second-order valence-corrected chi connectivity index (χ2v) is 10.7. The van der Waals surface area contributed by atoms with Crippen molar-refractivity contribution in [2.75, 3.05) is 78.8 Å². The lowest BCUT2D eigenvalue weighted by atomic mass is 9.73. The van der Waals surface area contributed by atoms with E-state index in [0.717, 1.165) is 61.3 Å². The van der Waals surface area contributed by atoms with Crippen LogP contribution in [0.15, 0.2) is 0 Å². The van der Waals surface area contributed by atoms with Crippen LogP contribution in [0.4, 0.5) is 0 Å². The van der Waals surface area contributed by atoms with Crippen molar-refractivity contribution in [3.8, 4) is 0 Å². The van der Waals surface area contributed by atoms with Gasteiger partial charge in [0.25, 0.3) is 0 Å². The molecule has 0 unspecified atom stereocenters. The molecule has 0 aromatic carbocycles. The Balaban J connectivity index is 4.93. The predicted molar refractivity (Wildman–Crippen MR) is 132 cm³/mol. The summed E-state index contributed by atoms with van der Waals surface area (Å²) in [5.41, 5.74) is 0.383. The number of quaternary nitrogens is 2.